The van der Waals surface area contributed by atoms with E-state index < -0.39 is 24.4 Å². The van der Waals surface area contributed by atoms with Crippen LogP contribution in [0.5, 0.6) is 0 Å². The average Bonchev–Trinajstić information content (AvgIpc) is 3.27. The molecule has 8 nitrogen and oxygen atoms in total. The summed E-state index contributed by atoms with van der Waals surface area (Å²) in [6.45, 7) is 2.84. The van der Waals surface area contributed by atoms with Gasteiger partial charge in [-0.3, -0.25) is 9.59 Å². The van der Waals surface area contributed by atoms with Gasteiger partial charge < -0.3 is 14.1 Å². The van der Waals surface area contributed by atoms with Crippen molar-refractivity contribution in [2.75, 3.05) is 0 Å². The van der Waals surface area contributed by atoms with E-state index in [1.165, 1.54) is 6.92 Å². The maximum atomic E-state index is 12.9. The highest BCUT2D eigenvalue weighted by atomic mass is 16.5. The molecule has 0 unspecified atom stereocenters. The van der Waals surface area contributed by atoms with E-state index in [1.54, 1.807) is 31.2 Å². The van der Waals surface area contributed by atoms with Gasteiger partial charge in [-0.15, -0.1) is 5.10 Å². The Morgan fingerprint density at radius 1 is 1.13 bits per heavy atom. The molecule has 2 aromatic heterocycles. The molecule has 1 N–H and O–H groups in total. The zero-order chi connectivity index (χ0) is 21.3. The van der Waals surface area contributed by atoms with Crippen LogP contribution < -0.4 is 5.76 Å². The number of para-hydroxylation sites is 1. The molecule has 0 fully saturated rings. The normalized spacial score (nSPS) is 12.1. The van der Waals surface area contributed by atoms with E-state index in [0.29, 0.717) is 16.8 Å². The number of hydrogen-bond acceptors (Lipinski definition) is 6. The Bertz CT molecular complexity index is 1280. The number of Topliss-reactive ketones (excluding diaryl/α,β-unsaturated/α-hetero) is 1. The summed E-state index contributed by atoms with van der Waals surface area (Å²) in [4.78, 5) is 40.4. The van der Waals surface area contributed by atoms with E-state index in [0.717, 1.165) is 15.6 Å². The van der Waals surface area contributed by atoms with E-state index in [1.807, 2.05) is 30.3 Å². The summed E-state index contributed by atoms with van der Waals surface area (Å²) in [6.07, 6.45) is -1.02. The number of nitrogens with zero attached hydrogens (tertiary/aromatic N) is 2. The second-order valence-electron chi connectivity index (χ2n) is 6.86. The van der Waals surface area contributed by atoms with Gasteiger partial charge in [0.2, 0.25) is 11.7 Å². The molecule has 30 heavy (non-hydrogen) atoms. The van der Waals surface area contributed by atoms with Crippen molar-refractivity contribution in [3.63, 3.8) is 0 Å². The Labute approximate surface area is 171 Å². The number of esters is 1. The van der Waals surface area contributed by atoms with Crippen LogP contribution in [0.15, 0.2) is 63.8 Å². The third-order valence-corrected chi connectivity index (χ3v) is 4.72. The third kappa shape index (κ3) is 3.67. The predicted octanol–water partition coefficient (Wildman–Crippen LogP) is 3.11. The number of hydrogen-bond donors (Lipinski definition) is 1. The fourth-order valence-electron chi connectivity index (χ4n) is 3.31. The van der Waals surface area contributed by atoms with Gasteiger partial charge in [0.05, 0.1) is 0 Å². The summed E-state index contributed by atoms with van der Waals surface area (Å²) in [5, 5.41) is 4.79. The molecule has 152 valence electrons. The molecule has 0 saturated heterocycles. The number of aryl methyl sites for hydroxylation is 1. The fourth-order valence-corrected chi connectivity index (χ4v) is 3.31. The van der Waals surface area contributed by atoms with Crippen LogP contribution in [0, 0.1) is 6.92 Å². The molecule has 0 radical (unpaired) electrons. The molecule has 4 aromatic rings. The van der Waals surface area contributed by atoms with Gasteiger partial charge in [0.15, 0.2) is 6.10 Å². The number of H-pyrrole nitrogens is 1. The molecule has 2 aromatic carbocycles. The highest BCUT2D eigenvalue weighted by molar-refractivity contribution is 6.11. The van der Waals surface area contributed by atoms with E-state index in [9.17, 15) is 14.4 Å². The second-order valence-corrected chi connectivity index (χ2v) is 6.86. The highest BCUT2D eigenvalue weighted by Crippen LogP contribution is 2.24. The van der Waals surface area contributed by atoms with Crippen LogP contribution in [0.25, 0.3) is 22.4 Å². The predicted molar refractivity (Wildman–Crippen MR) is 109 cm³/mol. The average molecular weight is 405 g/mol. The summed E-state index contributed by atoms with van der Waals surface area (Å²) in [6, 6.07) is 16.3. The number of ether oxygens (including phenoxy) is 1. The molecule has 0 bridgehead atoms. The first-order valence-corrected chi connectivity index (χ1v) is 9.38. The monoisotopic (exact) mass is 405 g/mol. The quantitative estimate of drug-likeness (QED) is 0.390. The first-order chi connectivity index (χ1) is 14.4. The lowest BCUT2D eigenvalue weighted by atomic mass is 10.0. The molecule has 0 aliphatic rings. The van der Waals surface area contributed by atoms with Crippen molar-refractivity contribution in [2.45, 2.75) is 26.5 Å². The highest BCUT2D eigenvalue weighted by Gasteiger charge is 2.25. The van der Waals surface area contributed by atoms with Crippen LogP contribution in [0.3, 0.4) is 0 Å². The van der Waals surface area contributed by atoms with Gasteiger partial charge >= 0.3 is 11.7 Å². The largest absolute Gasteiger partial charge is 0.453 e. The van der Waals surface area contributed by atoms with Crippen molar-refractivity contribution in [1.29, 1.82) is 0 Å². The zero-order valence-corrected chi connectivity index (χ0v) is 16.4. The van der Waals surface area contributed by atoms with Crippen LogP contribution in [0.2, 0.25) is 0 Å². The summed E-state index contributed by atoms with van der Waals surface area (Å²) in [5.74, 6) is -1.76. The van der Waals surface area contributed by atoms with Crippen LogP contribution in [0.4, 0.5) is 0 Å². The molecule has 8 heteroatoms. The minimum atomic E-state index is -1.02. The number of aromatic amines is 1. The molecule has 0 aliphatic carbocycles. The summed E-state index contributed by atoms with van der Waals surface area (Å²) in [5.41, 5.74) is 2.62. The topological polar surface area (TPSA) is 107 Å². The van der Waals surface area contributed by atoms with E-state index in [-0.39, 0.29) is 11.7 Å². The Hall–Kier alpha value is -3.94. The Morgan fingerprint density at radius 3 is 2.60 bits per heavy atom. The molecule has 0 spiro atoms. The lowest BCUT2D eigenvalue weighted by Gasteiger charge is -2.12. The summed E-state index contributed by atoms with van der Waals surface area (Å²) < 4.78 is 11.2. The van der Waals surface area contributed by atoms with E-state index in [4.69, 9.17) is 9.15 Å². The first-order valence-electron chi connectivity index (χ1n) is 9.38. The molecular weight excluding hydrogens is 386 g/mol. The number of aromatic nitrogens is 3. The van der Waals surface area contributed by atoms with Gasteiger partial charge in [0, 0.05) is 27.7 Å². The zero-order valence-electron chi connectivity index (χ0n) is 16.4. The minimum Gasteiger partial charge on any atom is -0.453 e. The second kappa shape index (κ2) is 7.82. The number of carbonyl (C=O) groups is 2. The minimum absolute atomic E-state index is 0.104. The summed E-state index contributed by atoms with van der Waals surface area (Å²) >= 11 is 0. The van der Waals surface area contributed by atoms with Crippen molar-refractivity contribution in [3.8, 4) is 11.5 Å². The molecule has 2 heterocycles. The number of carbonyl (C=O) groups excluding carboxylic acids is 2. The Morgan fingerprint density at radius 2 is 1.83 bits per heavy atom. The van der Waals surface area contributed by atoms with Crippen molar-refractivity contribution in [1.82, 2.24) is 14.8 Å². The number of fused-ring (bicyclic) bond motifs is 1. The van der Waals surface area contributed by atoms with Crippen LogP contribution in [-0.4, -0.2) is 32.6 Å². The number of benzene rings is 2. The lowest BCUT2D eigenvalue weighted by molar-refractivity contribution is -0.147. The van der Waals surface area contributed by atoms with Gasteiger partial charge in [0.25, 0.3) is 0 Å². The van der Waals surface area contributed by atoms with Crippen LogP contribution >= 0.6 is 0 Å². The SMILES string of the molecule is Cc1[nH]c2ccccc2c1C(=O)[C@H](C)OC(=O)Cn1nc(-c2ccccc2)oc1=O. The maximum Gasteiger partial charge on any atom is 0.437 e. The molecular formula is C22H19N3O5. The van der Waals surface area contributed by atoms with Gasteiger partial charge in [-0.2, -0.15) is 4.68 Å². The molecule has 1 atom stereocenters. The first kappa shape index (κ1) is 19.4. The van der Waals surface area contributed by atoms with Gasteiger partial charge in [0.1, 0.15) is 6.54 Å². The van der Waals surface area contributed by atoms with Crippen LogP contribution in [-0.2, 0) is 16.1 Å². The molecule has 0 amide bonds. The molecule has 4 rings (SSSR count). The van der Waals surface area contributed by atoms with Gasteiger partial charge in [-0.1, -0.05) is 36.4 Å². The fraction of sp³-hybridized carbons (Fsp3) is 0.182. The number of rotatable bonds is 6. The van der Waals surface area contributed by atoms with Crippen molar-refractivity contribution in [3.05, 3.63) is 76.4 Å². The van der Waals surface area contributed by atoms with E-state index in [2.05, 4.69) is 10.1 Å². The Balaban J connectivity index is 1.48. The van der Waals surface area contributed by atoms with Gasteiger partial charge in [-0.25, -0.2) is 4.79 Å². The molecule has 0 saturated carbocycles. The number of ketones is 1. The lowest BCUT2D eigenvalue weighted by Crippen LogP contribution is -2.29. The third-order valence-electron chi connectivity index (χ3n) is 4.72. The van der Waals surface area contributed by atoms with Gasteiger partial charge in [-0.05, 0) is 32.0 Å². The standard InChI is InChI=1S/C22H19N3O5/c1-13-19(16-10-6-7-11-17(16)23-13)20(27)14(2)29-18(26)12-25-22(28)30-21(24-25)15-8-4-3-5-9-15/h3-11,14,23H,12H2,1-2H3/t14-/m0/s1. The Kier molecular flexibility index (Phi) is 5.05. The van der Waals surface area contributed by atoms with Crippen LogP contribution in [0.1, 0.15) is 23.0 Å². The molecule has 0 aliphatic heterocycles. The maximum absolute atomic E-state index is 12.9. The smallest absolute Gasteiger partial charge is 0.437 e. The van der Waals surface area contributed by atoms with Crippen molar-refractivity contribution < 1.29 is 18.7 Å². The summed E-state index contributed by atoms with van der Waals surface area (Å²) in [7, 11) is 0. The van der Waals surface area contributed by atoms with E-state index >= 15 is 0 Å². The number of nitrogens with one attached hydrogen (secondary N) is 1. The van der Waals surface area contributed by atoms with Crippen molar-refractivity contribution >= 4 is 22.7 Å². The van der Waals surface area contributed by atoms with Crippen molar-refractivity contribution in [2.24, 2.45) is 0 Å².